The molecule has 1 aliphatic heterocycles. The molecule has 3 heteroatoms. The molecule has 19 heavy (non-hydrogen) atoms. The van der Waals surface area contributed by atoms with Crippen molar-refractivity contribution in [3.8, 4) is 17.2 Å². The molecule has 98 valence electrons. The second kappa shape index (κ2) is 5.33. The van der Waals surface area contributed by atoms with E-state index in [1.807, 2.05) is 61.5 Å². The van der Waals surface area contributed by atoms with Crippen LogP contribution in [-0.2, 0) is 4.74 Å². The molecule has 0 N–H and O–H groups in total. The van der Waals surface area contributed by atoms with Gasteiger partial charge in [0.25, 0.3) is 0 Å². The molecule has 0 amide bonds. The highest BCUT2D eigenvalue weighted by Crippen LogP contribution is 2.25. The van der Waals surface area contributed by atoms with Crippen LogP contribution in [0, 0.1) is 0 Å². The zero-order chi connectivity index (χ0) is 13.1. The normalized spacial score (nSPS) is 18.7. The average Bonchev–Trinajstić information content (AvgIpc) is 3.27. The second-order valence-corrected chi connectivity index (χ2v) is 4.58. The lowest BCUT2D eigenvalue weighted by molar-refractivity contribution is 0.176. The molecule has 1 saturated heterocycles. The Labute approximate surface area is 112 Å². The van der Waals surface area contributed by atoms with E-state index < -0.39 is 0 Å². The van der Waals surface area contributed by atoms with E-state index in [1.165, 1.54) is 0 Å². The fourth-order valence-corrected chi connectivity index (χ4v) is 1.83. The lowest BCUT2D eigenvalue weighted by Gasteiger charge is -2.12. The van der Waals surface area contributed by atoms with Crippen LogP contribution in [0.2, 0.25) is 0 Å². The van der Waals surface area contributed by atoms with Gasteiger partial charge in [-0.3, -0.25) is 0 Å². The molecule has 2 atom stereocenters. The first-order chi connectivity index (χ1) is 9.31. The molecule has 1 aliphatic rings. The van der Waals surface area contributed by atoms with Crippen molar-refractivity contribution >= 4 is 0 Å². The van der Waals surface area contributed by atoms with Gasteiger partial charge in [0.1, 0.15) is 29.5 Å². The van der Waals surface area contributed by atoms with Crippen molar-refractivity contribution in [2.45, 2.75) is 19.1 Å². The summed E-state index contributed by atoms with van der Waals surface area (Å²) < 4.78 is 16.7. The molecule has 0 saturated carbocycles. The molecule has 1 heterocycles. The van der Waals surface area contributed by atoms with Gasteiger partial charge in [-0.05, 0) is 43.3 Å². The molecular formula is C16H16O3. The van der Waals surface area contributed by atoms with Crippen molar-refractivity contribution in [1.29, 1.82) is 0 Å². The second-order valence-electron chi connectivity index (χ2n) is 4.58. The largest absolute Gasteiger partial charge is 0.488 e. The Morgan fingerprint density at radius 1 is 0.947 bits per heavy atom. The van der Waals surface area contributed by atoms with E-state index in [-0.39, 0.29) is 12.2 Å². The standard InChI is InChI=1S/C16H16O3/c1-12(16-11-17-16)18-14-7-9-15(10-8-14)19-13-5-3-2-4-6-13/h2-10,12,16H,11H2,1H3. The first kappa shape index (κ1) is 12.1. The monoisotopic (exact) mass is 256 g/mol. The third kappa shape index (κ3) is 3.26. The summed E-state index contributed by atoms with van der Waals surface area (Å²) in [6, 6.07) is 17.4. The van der Waals surface area contributed by atoms with Crippen LogP contribution < -0.4 is 9.47 Å². The number of hydrogen-bond acceptors (Lipinski definition) is 3. The third-order valence-corrected chi connectivity index (χ3v) is 3.01. The van der Waals surface area contributed by atoms with Gasteiger partial charge in [-0.25, -0.2) is 0 Å². The number of epoxide rings is 1. The minimum atomic E-state index is 0.0980. The molecule has 3 nitrogen and oxygen atoms in total. The highest BCUT2D eigenvalue weighted by atomic mass is 16.6. The molecule has 2 aromatic rings. The SMILES string of the molecule is CC(Oc1ccc(Oc2ccccc2)cc1)C1CO1. The van der Waals surface area contributed by atoms with Crippen LogP contribution in [-0.4, -0.2) is 18.8 Å². The number of benzene rings is 2. The number of hydrogen-bond donors (Lipinski definition) is 0. The zero-order valence-electron chi connectivity index (χ0n) is 10.8. The maximum Gasteiger partial charge on any atom is 0.127 e. The fourth-order valence-electron chi connectivity index (χ4n) is 1.83. The summed E-state index contributed by atoms with van der Waals surface area (Å²) in [5, 5.41) is 0. The van der Waals surface area contributed by atoms with E-state index in [0.29, 0.717) is 0 Å². The summed E-state index contributed by atoms with van der Waals surface area (Å²) in [4.78, 5) is 0. The van der Waals surface area contributed by atoms with E-state index in [0.717, 1.165) is 23.9 Å². The van der Waals surface area contributed by atoms with Crippen LogP contribution in [0.15, 0.2) is 54.6 Å². The van der Waals surface area contributed by atoms with Gasteiger partial charge < -0.3 is 14.2 Å². The van der Waals surface area contributed by atoms with Gasteiger partial charge in [0.05, 0.1) is 6.61 Å². The quantitative estimate of drug-likeness (QED) is 0.765. The molecular weight excluding hydrogens is 240 g/mol. The summed E-state index contributed by atoms with van der Waals surface area (Å²) in [5.41, 5.74) is 0. The van der Waals surface area contributed by atoms with E-state index in [4.69, 9.17) is 14.2 Å². The summed E-state index contributed by atoms with van der Waals surface area (Å²) in [6.07, 6.45) is 0.348. The molecule has 3 rings (SSSR count). The molecule has 1 fully saturated rings. The maximum atomic E-state index is 5.76. The van der Waals surface area contributed by atoms with Crippen molar-refractivity contribution in [1.82, 2.24) is 0 Å². The van der Waals surface area contributed by atoms with Gasteiger partial charge in [0.2, 0.25) is 0 Å². The van der Waals surface area contributed by atoms with Crippen LogP contribution in [0.1, 0.15) is 6.92 Å². The van der Waals surface area contributed by atoms with Crippen LogP contribution >= 0.6 is 0 Å². The molecule has 0 radical (unpaired) electrons. The van der Waals surface area contributed by atoms with Crippen molar-refractivity contribution in [3.63, 3.8) is 0 Å². The summed E-state index contributed by atoms with van der Waals surface area (Å²) in [5.74, 6) is 2.47. The van der Waals surface area contributed by atoms with Gasteiger partial charge >= 0.3 is 0 Å². The smallest absolute Gasteiger partial charge is 0.127 e. The van der Waals surface area contributed by atoms with E-state index in [2.05, 4.69) is 0 Å². The van der Waals surface area contributed by atoms with E-state index in [1.54, 1.807) is 0 Å². The first-order valence-corrected chi connectivity index (χ1v) is 6.42. The van der Waals surface area contributed by atoms with E-state index >= 15 is 0 Å². The fraction of sp³-hybridized carbons (Fsp3) is 0.250. The zero-order valence-corrected chi connectivity index (χ0v) is 10.8. The van der Waals surface area contributed by atoms with Crippen LogP contribution in [0.25, 0.3) is 0 Å². The topological polar surface area (TPSA) is 31.0 Å². The molecule has 0 aromatic heterocycles. The lowest BCUT2D eigenvalue weighted by atomic mass is 10.3. The van der Waals surface area contributed by atoms with Gasteiger partial charge in [0.15, 0.2) is 0 Å². The summed E-state index contributed by atoms with van der Waals surface area (Å²) >= 11 is 0. The number of ether oxygens (including phenoxy) is 3. The molecule has 2 aromatic carbocycles. The summed E-state index contributed by atoms with van der Waals surface area (Å²) in [6.45, 7) is 2.82. The van der Waals surface area contributed by atoms with Crippen molar-refractivity contribution in [2.75, 3.05) is 6.61 Å². The van der Waals surface area contributed by atoms with E-state index in [9.17, 15) is 0 Å². The molecule has 0 aliphatic carbocycles. The summed E-state index contributed by atoms with van der Waals surface area (Å²) in [7, 11) is 0. The first-order valence-electron chi connectivity index (χ1n) is 6.42. The lowest BCUT2D eigenvalue weighted by Crippen LogP contribution is -2.18. The van der Waals surface area contributed by atoms with Gasteiger partial charge in [-0.15, -0.1) is 0 Å². The Hall–Kier alpha value is -2.00. The number of rotatable bonds is 5. The Kier molecular flexibility index (Phi) is 3.38. The van der Waals surface area contributed by atoms with Crippen LogP contribution in [0.4, 0.5) is 0 Å². The number of para-hydroxylation sites is 1. The van der Waals surface area contributed by atoms with Crippen molar-refractivity contribution in [2.24, 2.45) is 0 Å². The van der Waals surface area contributed by atoms with Gasteiger partial charge in [-0.1, -0.05) is 18.2 Å². The van der Waals surface area contributed by atoms with Crippen LogP contribution in [0.3, 0.4) is 0 Å². The minimum absolute atomic E-state index is 0.0980. The predicted molar refractivity (Wildman–Crippen MR) is 72.8 cm³/mol. The van der Waals surface area contributed by atoms with Gasteiger partial charge in [-0.2, -0.15) is 0 Å². The maximum absolute atomic E-state index is 5.76. The van der Waals surface area contributed by atoms with Crippen LogP contribution in [0.5, 0.6) is 17.2 Å². The highest BCUT2D eigenvalue weighted by Gasteiger charge is 2.30. The Morgan fingerprint density at radius 3 is 2.16 bits per heavy atom. The highest BCUT2D eigenvalue weighted by molar-refractivity contribution is 5.35. The molecule has 0 bridgehead atoms. The third-order valence-electron chi connectivity index (χ3n) is 3.01. The molecule has 0 spiro atoms. The molecule has 2 unspecified atom stereocenters. The van der Waals surface area contributed by atoms with Crippen molar-refractivity contribution < 1.29 is 14.2 Å². The van der Waals surface area contributed by atoms with Gasteiger partial charge in [0, 0.05) is 0 Å². The minimum Gasteiger partial charge on any atom is -0.488 e. The van der Waals surface area contributed by atoms with Crippen molar-refractivity contribution in [3.05, 3.63) is 54.6 Å². The Morgan fingerprint density at radius 2 is 1.53 bits per heavy atom. The predicted octanol–water partition coefficient (Wildman–Crippen LogP) is 3.65. The Balaban J connectivity index is 1.62. The average molecular weight is 256 g/mol. The Bertz CT molecular complexity index is 517.